The maximum Gasteiger partial charge on any atom is 0.183 e. The smallest absolute Gasteiger partial charge is 0.183 e. The van der Waals surface area contributed by atoms with E-state index < -0.39 is 0 Å². The summed E-state index contributed by atoms with van der Waals surface area (Å²) in [6.07, 6.45) is 10.4. The molecule has 0 spiro atoms. The van der Waals surface area contributed by atoms with E-state index in [1.54, 1.807) is 24.5 Å². The van der Waals surface area contributed by atoms with Crippen LogP contribution in [0.2, 0.25) is 0 Å². The summed E-state index contributed by atoms with van der Waals surface area (Å²) >= 11 is 0. The SMILES string of the molecule is [O-][n+]1cccc(CCCSSCCCc2ccc[n+]([O-])c2)c1. The number of hydrogen-bond donors (Lipinski definition) is 0. The van der Waals surface area contributed by atoms with Gasteiger partial charge in [0.15, 0.2) is 24.8 Å². The van der Waals surface area contributed by atoms with Crippen molar-refractivity contribution in [3.63, 3.8) is 0 Å². The van der Waals surface area contributed by atoms with Crippen molar-refractivity contribution in [1.29, 1.82) is 0 Å². The van der Waals surface area contributed by atoms with Crippen LogP contribution in [0.4, 0.5) is 0 Å². The van der Waals surface area contributed by atoms with Crippen molar-refractivity contribution in [2.24, 2.45) is 0 Å². The van der Waals surface area contributed by atoms with E-state index in [0.29, 0.717) is 0 Å². The van der Waals surface area contributed by atoms with E-state index in [4.69, 9.17) is 0 Å². The molecule has 0 aliphatic heterocycles. The van der Waals surface area contributed by atoms with Crippen molar-refractivity contribution in [3.05, 3.63) is 70.6 Å². The molecule has 6 heteroatoms. The van der Waals surface area contributed by atoms with E-state index in [1.165, 1.54) is 12.4 Å². The van der Waals surface area contributed by atoms with Crippen LogP contribution in [0.25, 0.3) is 0 Å². The molecule has 0 amide bonds. The third-order valence-electron chi connectivity index (χ3n) is 3.14. The predicted molar refractivity (Wildman–Crippen MR) is 92.4 cm³/mol. The Kier molecular flexibility index (Phi) is 7.39. The van der Waals surface area contributed by atoms with Gasteiger partial charge in [0.2, 0.25) is 0 Å². The van der Waals surface area contributed by atoms with E-state index in [2.05, 4.69) is 0 Å². The summed E-state index contributed by atoms with van der Waals surface area (Å²) in [6, 6.07) is 7.57. The largest absolute Gasteiger partial charge is 0.619 e. The number of pyridine rings is 2. The number of nitrogens with zero attached hydrogens (tertiary/aromatic N) is 2. The van der Waals surface area contributed by atoms with Crippen LogP contribution in [0.3, 0.4) is 0 Å². The van der Waals surface area contributed by atoms with Crippen LogP contribution in [0.15, 0.2) is 49.1 Å². The minimum Gasteiger partial charge on any atom is -0.619 e. The average Bonchev–Trinajstić information content (AvgIpc) is 2.50. The Bertz CT molecular complexity index is 530. The minimum absolute atomic E-state index is 0.854. The Morgan fingerprint density at radius 2 is 1.23 bits per heavy atom. The summed E-state index contributed by atoms with van der Waals surface area (Å²) in [5.74, 6) is 2.18. The van der Waals surface area contributed by atoms with Crippen LogP contribution in [0.1, 0.15) is 24.0 Å². The van der Waals surface area contributed by atoms with Gasteiger partial charge in [-0.05, 0) is 37.8 Å². The van der Waals surface area contributed by atoms with E-state index in [0.717, 1.165) is 57.8 Å². The third-order valence-corrected chi connectivity index (χ3v) is 5.72. The molecule has 118 valence electrons. The molecule has 22 heavy (non-hydrogen) atoms. The van der Waals surface area contributed by atoms with Crippen molar-refractivity contribution >= 4 is 21.6 Å². The van der Waals surface area contributed by atoms with Crippen molar-refractivity contribution in [2.75, 3.05) is 11.5 Å². The molecule has 0 atom stereocenters. The summed E-state index contributed by atoms with van der Waals surface area (Å²) < 4.78 is 1.71. The molecule has 0 N–H and O–H groups in total. The molecule has 0 radical (unpaired) electrons. The highest BCUT2D eigenvalue weighted by atomic mass is 33.1. The first-order chi connectivity index (χ1) is 10.7. The van der Waals surface area contributed by atoms with Crippen molar-refractivity contribution in [2.45, 2.75) is 25.7 Å². The second kappa shape index (κ2) is 9.58. The summed E-state index contributed by atoms with van der Waals surface area (Å²) in [5.41, 5.74) is 2.19. The fourth-order valence-electron chi connectivity index (χ4n) is 2.09. The normalized spacial score (nSPS) is 10.7. The Labute approximate surface area is 139 Å². The van der Waals surface area contributed by atoms with Gasteiger partial charge < -0.3 is 10.4 Å². The van der Waals surface area contributed by atoms with Gasteiger partial charge in [0, 0.05) is 34.8 Å². The molecule has 2 heterocycles. The van der Waals surface area contributed by atoms with Crippen LogP contribution in [-0.4, -0.2) is 11.5 Å². The lowest BCUT2D eigenvalue weighted by Crippen LogP contribution is -2.24. The quantitative estimate of drug-likeness (QED) is 0.306. The van der Waals surface area contributed by atoms with Crippen LogP contribution >= 0.6 is 21.6 Å². The lowest BCUT2D eigenvalue weighted by atomic mass is 10.2. The van der Waals surface area contributed by atoms with Gasteiger partial charge in [0.05, 0.1) is 0 Å². The molecular formula is C16H20N2O2S2. The maximum atomic E-state index is 11.1. The van der Waals surface area contributed by atoms with Gasteiger partial charge >= 0.3 is 0 Å². The summed E-state index contributed by atoms with van der Waals surface area (Å²) in [7, 11) is 3.76. The molecule has 0 aliphatic rings. The fourth-order valence-corrected chi connectivity index (χ4v) is 4.26. The van der Waals surface area contributed by atoms with Crippen LogP contribution in [0.5, 0.6) is 0 Å². The molecule has 2 rings (SSSR count). The van der Waals surface area contributed by atoms with Gasteiger partial charge in [0.1, 0.15) is 0 Å². The molecule has 2 aromatic rings. The van der Waals surface area contributed by atoms with Crippen LogP contribution in [-0.2, 0) is 12.8 Å². The summed E-state index contributed by atoms with van der Waals surface area (Å²) in [6.45, 7) is 0. The number of rotatable bonds is 9. The molecular weight excluding hydrogens is 316 g/mol. The molecule has 0 saturated heterocycles. The Morgan fingerprint density at radius 3 is 1.64 bits per heavy atom. The molecule has 0 aliphatic carbocycles. The highest BCUT2D eigenvalue weighted by Gasteiger charge is 2.00. The second-order valence-electron chi connectivity index (χ2n) is 5.00. The Balaban J connectivity index is 1.49. The molecule has 0 fully saturated rings. The lowest BCUT2D eigenvalue weighted by Gasteiger charge is -2.03. The van der Waals surface area contributed by atoms with Gasteiger partial charge in [-0.1, -0.05) is 21.6 Å². The molecule has 0 saturated carbocycles. The highest BCUT2D eigenvalue weighted by Crippen LogP contribution is 2.23. The van der Waals surface area contributed by atoms with Gasteiger partial charge in [0.25, 0.3) is 0 Å². The first kappa shape index (κ1) is 17.0. The van der Waals surface area contributed by atoms with Gasteiger partial charge in [-0.15, -0.1) is 0 Å². The zero-order valence-corrected chi connectivity index (χ0v) is 14.0. The zero-order valence-electron chi connectivity index (χ0n) is 12.4. The van der Waals surface area contributed by atoms with E-state index in [1.807, 2.05) is 33.7 Å². The monoisotopic (exact) mass is 336 g/mol. The Hall–Kier alpha value is -1.40. The molecule has 2 aromatic heterocycles. The van der Waals surface area contributed by atoms with Crippen molar-refractivity contribution < 1.29 is 9.46 Å². The zero-order chi connectivity index (χ0) is 15.6. The maximum absolute atomic E-state index is 11.1. The average molecular weight is 336 g/mol. The Morgan fingerprint density at radius 1 is 0.773 bits per heavy atom. The number of aromatic nitrogens is 2. The van der Waals surface area contributed by atoms with Crippen LogP contribution < -0.4 is 9.46 Å². The second-order valence-corrected chi connectivity index (χ2v) is 7.70. The fraction of sp³-hybridized carbons (Fsp3) is 0.375. The third kappa shape index (κ3) is 6.58. The molecule has 0 aromatic carbocycles. The molecule has 4 nitrogen and oxygen atoms in total. The van der Waals surface area contributed by atoms with Crippen molar-refractivity contribution in [3.8, 4) is 0 Å². The van der Waals surface area contributed by atoms with E-state index in [9.17, 15) is 10.4 Å². The van der Waals surface area contributed by atoms with Gasteiger partial charge in [-0.3, -0.25) is 0 Å². The summed E-state index contributed by atoms with van der Waals surface area (Å²) in [4.78, 5) is 0. The van der Waals surface area contributed by atoms with Gasteiger partial charge in [-0.2, -0.15) is 9.46 Å². The number of hydrogen-bond acceptors (Lipinski definition) is 4. The minimum atomic E-state index is 0.854. The van der Waals surface area contributed by atoms with E-state index >= 15 is 0 Å². The van der Waals surface area contributed by atoms with Gasteiger partial charge in [-0.25, -0.2) is 0 Å². The summed E-state index contributed by atoms with van der Waals surface area (Å²) in [5, 5.41) is 22.2. The predicted octanol–water partition coefficient (Wildman–Crippen LogP) is 2.90. The topological polar surface area (TPSA) is 53.9 Å². The molecule has 0 bridgehead atoms. The first-order valence-electron chi connectivity index (χ1n) is 7.34. The molecule has 0 unspecified atom stereocenters. The highest BCUT2D eigenvalue weighted by molar-refractivity contribution is 8.76. The van der Waals surface area contributed by atoms with Crippen LogP contribution in [0, 0.1) is 10.4 Å². The standard InChI is InChI=1S/C16H20N2O2S2/c19-17-9-1-5-15(13-17)7-3-11-21-22-12-4-8-16-6-2-10-18(20)14-16/h1-2,5-6,9-10,13-14H,3-4,7-8,11-12H2. The first-order valence-corrected chi connectivity index (χ1v) is 9.83. The number of aryl methyl sites for hydroxylation is 2. The van der Waals surface area contributed by atoms with Crippen molar-refractivity contribution in [1.82, 2.24) is 0 Å². The van der Waals surface area contributed by atoms with E-state index in [-0.39, 0.29) is 0 Å². The lowest BCUT2D eigenvalue weighted by molar-refractivity contribution is -0.606.